The van der Waals surface area contributed by atoms with Crippen LogP contribution in [-0.4, -0.2) is 0 Å². The average Bonchev–Trinajstić information content (AvgIpc) is 2.20. The lowest BCUT2D eigenvalue weighted by Crippen LogP contribution is -1.93. The largest absolute Gasteiger partial charge is 0.399 e. The maximum Gasteiger partial charge on any atom is 0.0349 e. The van der Waals surface area contributed by atoms with Crippen LogP contribution in [0.1, 0.15) is 11.1 Å². The molecule has 0 aliphatic rings. The molecule has 16 heavy (non-hydrogen) atoms. The maximum atomic E-state index is 5.90. The van der Waals surface area contributed by atoms with Gasteiger partial charge in [0.2, 0.25) is 0 Å². The highest BCUT2D eigenvalue weighted by Gasteiger charge is 2.05. The molecule has 0 aliphatic carbocycles. The van der Waals surface area contributed by atoms with Crippen LogP contribution in [0.3, 0.4) is 0 Å². The van der Waals surface area contributed by atoms with Crippen molar-refractivity contribution in [1.29, 1.82) is 0 Å². The minimum atomic E-state index is 0.789. The number of hydrogen-bond donors (Lipinski definition) is 2. The Hall–Kier alpha value is -1.96. The molecule has 2 aromatic rings. The first-order valence-electron chi connectivity index (χ1n) is 5.30. The molecule has 0 atom stereocenters. The highest BCUT2D eigenvalue weighted by molar-refractivity contribution is 5.75. The van der Waals surface area contributed by atoms with E-state index >= 15 is 0 Å². The summed E-state index contributed by atoms with van der Waals surface area (Å²) >= 11 is 0. The fourth-order valence-electron chi connectivity index (χ4n) is 1.93. The second kappa shape index (κ2) is 3.89. The molecule has 0 saturated heterocycles. The zero-order valence-electron chi connectivity index (χ0n) is 9.62. The van der Waals surface area contributed by atoms with Gasteiger partial charge >= 0.3 is 0 Å². The van der Waals surface area contributed by atoms with Crippen LogP contribution in [0.4, 0.5) is 11.4 Å². The Morgan fingerprint density at radius 2 is 1.69 bits per heavy atom. The monoisotopic (exact) mass is 212 g/mol. The van der Waals surface area contributed by atoms with E-state index in [1.807, 2.05) is 38.1 Å². The first-order chi connectivity index (χ1) is 7.58. The lowest BCUT2D eigenvalue weighted by atomic mass is 9.97. The van der Waals surface area contributed by atoms with Crippen LogP contribution in [0, 0.1) is 13.8 Å². The van der Waals surface area contributed by atoms with E-state index in [0.717, 1.165) is 33.6 Å². The van der Waals surface area contributed by atoms with Crippen LogP contribution >= 0.6 is 0 Å². The Morgan fingerprint density at radius 3 is 2.38 bits per heavy atom. The van der Waals surface area contributed by atoms with Crippen LogP contribution in [0.25, 0.3) is 11.1 Å². The number of anilines is 2. The molecule has 2 aromatic carbocycles. The summed E-state index contributed by atoms with van der Waals surface area (Å²) < 4.78 is 0. The lowest BCUT2D eigenvalue weighted by Gasteiger charge is -2.10. The second-order valence-corrected chi connectivity index (χ2v) is 4.15. The molecule has 0 fully saturated rings. The molecule has 0 aliphatic heterocycles. The third-order valence-corrected chi connectivity index (χ3v) is 2.79. The molecule has 0 saturated carbocycles. The van der Waals surface area contributed by atoms with Gasteiger partial charge < -0.3 is 11.5 Å². The summed E-state index contributed by atoms with van der Waals surface area (Å²) in [4.78, 5) is 0. The number of rotatable bonds is 1. The predicted molar refractivity (Wildman–Crippen MR) is 70.2 cm³/mol. The molecular weight excluding hydrogens is 196 g/mol. The Morgan fingerprint density at radius 1 is 0.938 bits per heavy atom. The van der Waals surface area contributed by atoms with Gasteiger partial charge in [0.1, 0.15) is 0 Å². The number of nitrogen functional groups attached to an aromatic ring is 2. The Bertz CT molecular complexity index is 510. The minimum absolute atomic E-state index is 0.789. The smallest absolute Gasteiger partial charge is 0.0349 e. The first kappa shape index (κ1) is 10.6. The molecule has 0 unspecified atom stereocenters. The molecule has 0 heterocycles. The average molecular weight is 212 g/mol. The van der Waals surface area contributed by atoms with Crippen molar-refractivity contribution in [3.8, 4) is 11.1 Å². The van der Waals surface area contributed by atoms with Crippen molar-refractivity contribution in [1.82, 2.24) is 0 Å². The summed E-state index contributed by atoms with van der Waals surface area (Å²) in [5, 5.41) is 0. The van der Waals surface area contributed by atoms with Gasteiger partial charge in [-0.1, -0.05) is 18.2 Å². The van der Waals surface area contributed by atoms with Crippen molar-refractivity contribution < 1.29 is 0 Å². The number of aryl methyl sites for hydroxylation is 1. The summed E-state index contributed by atoms with van der Waals surface area (Å²) in [6.07, 6.45) is 0. The van der Waals surface area contributed by atoms with Gasteiger partial charge in [-0.25, -0.2) is 0 Å². The van der Waals surface area contributed by atoms with Crippen LogP contribution in [0.2, 0.25) is 0 Å². The number of nitrogens with two attached hydrogens (primary N) is 2. The molecule has 2 heteroatoms. The highest BCUT2D eigenvalue weighted by Crippen LogP contribution is 2.29. The fraction of sp³-hybridized carbons (Fsp3) is 0.143. The maximum absolute atomic E-state index is 5.90. The molecule has 2 rings (SSSR count). The van der Waals surface area contributed by atoms with Gasteiger partial charge in [-0.2, -0.15) is 0 Å². The van der Waals surface area contributed by atoms with E-state index in [1.54, 1.807) is 0 Å². The summed E-state index contributed by atoms with van der Waals surface area (Å²) in [7, 11) is 0. The van der Waals surface area contributed by atoms with Gasteiger partial charge in [-0.05, 0) is 54.3 Å². The third kappa shape index (κ3) is 1.87. The van der Waals surface area contributed by atoms with Crippen LogP contribution < -0.4 is 11.5 Å². The van der Waals surface area contributed by atoms with Gasteiger partial charge in [0.25, 0.3) is 0 Å². The molecule has 0 amide bonds. The quantitative estimate of drug-likeness (QED) is 0.713. The van der Waals surface area contributed by atoms with E-state index in [9.17, 15) is 0 Å². The van der Waals surface area contributed by atoms with Crippen molar-refractivity contribution in [3.63, 3.8) is 0 Å². The van der Waals surface area contributed by atoms with Crippen molar-refractivity contribution in [2.24, 2.45) is 0 Å². The van der Waals surface area contributed by atoms with Crippen LogP contribution in [-0.2, 0) is 0 Å². The van der Waals surface area contributed by atoms with Gasteiger partial charge in [-0.15, -0.1) is 0 Å². The van der Waals surface area contributed by atoms with E-state index in [4.69, 9.17) is 11.5 Å². The number of benzene rings is 2. The second-order valence-electron chi connectivity index (χ2n) is 4.15. The van der Waals surface area contributed by atoms with Gasteiger partial charge in [0, 0.05) is 11.4 Å². The molecule has 0 spiro atoms. The summed E-state index contributed by atoms with van der Waals surface area (Å²) in [6.45, 7) is 4.07. The standard InChI is InChI=1S/C14H16N2/c1-9-6-11(8-12(15)7-9)13-4-3-5-14(16)10(13)2/h3-8H,15-16H2,1-2H3. The highest BCUT2D eigenvalue weighted by atomic mass is 14.6. The van der Waals surface area contributed by atoms with Crippen LogP contribution in [0.15, 0.2) is 36.4 Å². The first-order valence-corrected chi connectivity index (χ1v) is 5.30. The summed E-state index contributed by atoms with van der Waals surface area (Å²) in [5.41, 5.74) is 17.9. The van der Waals surface area contributed by atoms with Gasteiger partial charge in [-0.3, -0.25) is 0 Å². The number of hydrogen-bond acceptors (Lipinski definition) is 2. The molecule has 0 bridgehead atoms. The van der Waals surface area contributed by atoms with E-state index in [1.165, 1.54) is 0 Å². The normalized spacial score (nSPS) is 10.4. The zero-order chi connectivity index (χ0) is 11.7. The van der Waals surface area contributed by atoms with E-state index < -0.39 is 0 Å². The third-order valence-electron chi connectivity index (χ3n) is 2.79. The van der Waals surface area contributed by atoms with Crippen LogP contribution in [0.5, 0.6) is 0 Å². The van der Waals surface area contributed by atoms with Crippen molar-refractivity contribution in [2.45, 2.75) is 13.8 Å². The topological polar surface area (TPSA) is 52.0 Å². The molecule has 2 nitrogen and oxygen atoms in total. The van der Waals surface area contributed by atoms with Gasteiger partial charge in [0.15, 0.2) is 0 Å². The van der Waals surface area contributed by atoms with E-state index in [0.29, 0.717) is 0 Å². The zero-order valence-corrected chi connectivity index (χ0v) is 9.62. The van der Waals surface area contributed by atoms with Crippen molar-refractivity contribution in [3.05, 3.63) is 47.5 Å². The Kier molecular flexibility index (Phi) is 2.57. The predicted octanol–water partition coefficient (Wildman–Crippen LogP) is 3.13. The lowest BCUT2D eigenvalue weighted by molar-refractivity contribution is 1.43. The molecular formula is C14H16N2. The Balaban J connectivity index is 2.63. The SMILES string of the molecule is Cc1cc(N)cc(-c2cccc(N)c2C)c1. The Labute approximate surface area is 95.9 Å². The van der Waals surface area contributed by atoms with Crippen molar-refractivity contribution >= 4 is 11.4 Å². The molecule has 82 valence electrons. The molecule has 0 radical (unpaired) electrons. The summed E-state index contributed by atoms with van der Waals surface area (Å²) in [6, 6.07) is 12.0. The summed E-state index contributed by atoms with van der Waals surface area (Å²) in [5.74, 6) is 0. The van der Waals surface area contributed by atoms with E-state index in [2.05, 4.69) is 12.1 Å². The molecule has 4 N–H and O–H groups in total. The fourth-order valence-corrected chi connectivity index (χ4v) is 1.93. The molecule has 0 aromatic heterocycles. The van der Waals surface area contributed by atoms with Gasteiger partial charge in [0.05, 0.1) is 0 Å². The van der Waals surface area contributed by atoms with E-state index in [-0.39, 0.29) is 0 Å². The minimum Gasteiger partial charge on any atom is -0.399 e. The van der Waals surface area contributed by atoms with Crippen molar-refractivity contribution in [2.75, 3.05) is 11.5 Å².